The lowest BCUT2D eigenvalue weighted by Gasteiger charge is -2.13. The normalized spacial score (nSPS) is 10.7. The van der Waals surface area contributed by atoms with Gasteiger partial charge in [0.2, 0.25) is 0 Å². The van der Waals surface area contributed by atoms with E-state index >= 15 is 0 Å². The topological polar surface area (TPSA) is 123 Å². The Morgan fingerprint density at radius 2 is 2.10 bits per heavy atom. The molecule has 0 saturated heterocycles. The van der Waals surface area contributed by atoms with Crippen LogP contribution in [0.25, 0.3) is 17.1 Å². The minimum Gasteiger partial charge on any atom is -0.487 e. The second-order valence-electron chi connectivity index (χ2n) is 6.23. The van der Waals surface area contributed by atoms with Gasteiger partial charge in [0.05, 0.1) is 12.4 Å². The van der Waals surface area contributed by atoms with Crippen LogP contribution in [0.4, 0.5) is 4.39 Å². The summed E-state index contributed by atoms with van der Waals surface area (Å²) in [5.74, 6) is -1.09. The maximum absolute atomic E-state index is 13.4. The van der Waals surface area contributed by atoms with Gasteiger partial charge in [-0.2, -0.15) is 0 Å². The van der Waals surface area contributed by atoms with Crippen molar-refractivity contribution < 1.29 is 19.0 Å². The lowest BCUT2D eigenvalue weighted by atomic mass is 10.1. The Labute approximate surface area is 168 Å². The minimum atomic E-state index is -1.36. The average molecular weight is 407 g/mol. The third kappa shape index (κ3) is 3.92. The molecule has 0 fully saturated rings. The highest BCUT2D eigenvalue weighted by atomic mass is 19.1. The summed E-state index contributed by atoms with van der Waals surface area (Å²) in [6.45, 7) is 0.126. The van der Waals surface area contributed by atoms with Gasteiger partial charge >= 0.3 is 5.97 Å². The number of hydrogen-bond donors (Lipinski definition) is 2. The lowest BCUT2D eigenvalue weighted by molar-refractivity contribution is 0.0694. The summed E-state index contributed by atoms with van der Waals surface area (Å²) in [7, 11) is 0. The first-order chi connectivity index (χ1) is 14.5. The first kappa shape index (κ1) is 19.0. The van der Waals surface area contributed by atoms with Crippen molar-refractivity contribution in [2.24, 2.45) is 0 Å². The third-order valence-corrected chi connectivity index (χ3v) is 4.21. The molecule has 2 aromatic heterocycles. The molecule has 2 N–H and O–H groups in total. The SMILES string of the molecule is O=C(O)c1cnc(-c2ccc(OCc3cccc(F)c3)c(-n3ccnn3)c2)[nH]c1=O. The van der Waals surface area contributed by atoms with Crippen LogP contribution < -0.4 is 10.3 Å². The molecule has 0 atom stereocenters. The molecular formula is C20H14FN5O4. The van der Waals surface area contributed by atoms with Crippen LogP contribution in [0.15, 0.2) is 65.8 Å². The fourth-order valence-electron chi connectivity index (χ4n) is 2.78. The molecule has 2 aromatic carbocycles. The van der Waals surface area contributed by atoms with Crippen LogP contribution in [0.3, 0.4) is 0 Å². The van der Waals surface area contributed by atoms with Gasteiger partial charge in [-0.25, -0.2) is 18.9 Å². The quantitative estimate of drug-likeness (QED) is 0.503. The summed E-state index contributed by atoms with van der Waals surface area (Å²) in [6, 6.07) is 11.0. The number of nitrogens with zero attached hydrogens (tertiary/aromatic N) is 4. The molecule has 4 aromatic rings. The summed E-state index contributed by atoms with van der Waals surface area (Å²) in [5.41, 5.74) is 0.449. The highest BCUT2D eigenvalue weighted by molar-refractivity contribution is 5.86. The number of carboxylic acid groups (broad SMARTS) is 1. The highest BCUT2D eigenvalue weighted by Gasteiger charge is 2.14. The molecule has 10 heteroatoms. The first-order valence-electron chi connectivity index (χ1n) is 8.72. The van der Waals surface area contributed by atoms with E-state index in [2.05, 4.69) is 20.3 Å². The van der Waals surface area contributed by atoms with Crippen molar-refractivity contribution in [1.82, 2.24) is 25.0 Å². The molecule has 0 aliphatic carbocycles. The van der Waals surface area contributed by atoms with Crippen LogP contribution in [0, 0.1) is 5.82 Å². The number of carboxylic acids is 1. The van der Waals surface area contributed by atoms with Crippen molar-refractivity contribution in [1.29, 1.82) is 0 Å². The van der Waals surface area contributed by atoms with E-state index in [-0.39, 0.29) is 18.2 Å². The predicted octanol–water partition coefficient (Wildman–Crippen LogP) is 2.43. The van der Waals surface area contributed by atoms with E-state index in [0.29, 0.717) is 22.6 Å². The standard InChI is InChI=1S/C20H14FN5O4/c21-14-3-1-2-12(8-14)11-30-17-5-4-13(9-16(17)26-7-6-23-25-26)18-22-10-15(20(28)29)19(27)24-18/h1-10H,11H2,(H,28,29)(H,22,24,27). The fourth-order valence-corrected chi connectivity index (χ4v) is 2.78. The molecule has 4 rings (SSSR count). The Balaban J connectivity index is 1.70. The summed E-state index contributed by atoms with van der Waals surface area (Å²) >= 11 is 0. The van der Waals surface area contributed by atoms with Gasteiger partial charge in [-0.1, -0.05) is 17.3 Å². The molecule has 30 heavy (non-hydrogen) atoms. The van der Waals surface area contributed by atoms with Gasteiger partial charge in [0.25, 0.3) is 5.56 Å². The molecule has 0 saturated carbocycles. The van der Waals surface area contributed by atoms with Gasteiger partial charge in [0, 0.05) is 11.8 Å². The average Bonchev–Trinajstić information content (AvgIpc) is 3.26. The van der Waals surface area contributed by atoms with E-state index in [1.165, 1.54) is 23.0 Å². The van der Waals surface area contributed by atoms with E-state index < -0.39 is 17.1 Å². The summed E-state index contributed by atoms with van der Waals surface area (Å²) in [5, 5.41) is 16.7. The molecule has 0 aliphatic rings. The Hall–Kier alpha value is -4.34. The zero-order chi connectivity index (χ0) is 21.1. The second-order valence-corrected chi connectivity index (χ2v) is 6.23. The maximum atomic E-state index is 13.4. The molecule has 150 valence electrons. The number of carbonyl (C=O) groups is 1. The van der Waals surface area contributed by atoms with Gasteiger partial charge in [0.15, 0.2) is 0 Å². The smallest absolute Gasteiger partial charge is 0.342 e. The summed E-state index contributed by atoms with van der Waals surface area (Å²) in [4.78, 5) is 29.5. The van der Waals surface area contributed by atoms with E-state index in [9.17, 15) is 14.0 Å². The molecular weight excluding hydrogens is 393 g/mol. The fraction of sp³-hybridized carbons (Fsp3) is 0.0500. The minimum absolute atomic E-state index is 0.126. The molecule has 0 bridgehead atoms. The number of benzene rings is 2. The van der Waals surface area contributed by atoms with Gasteiger partial charge in [0.1, 0.15) is 35.2 Å². The predicted molar refractivity (Wildman–Crippen MR) is 103 cm³/mol. The Morgan fingerprint density at radius 1 is 1.23 bits per heavy atom. The molecule has 0 radical (unpaired) electrons. The Kier molecular flexibility index (Phi) is 5.04. The van der Waals surface area contributed by atoms with E-state index in [1.54, 1.807) is 36.5 Å². The van der Waals surface area contributed by atoms with Gasteiger partial charge in [-0.3, -0.25) is 4.79 Å². The number of aromatic nitrogens is 5. The Bertz CT molecular complexity index is 1270. The number of hydrogen-bond acceptors (Lipinski definition) is 6. The monoisotopic (exact) mass is 407 g/mol. The van der Waals surface area contributed by atoms with E-state index in [4.69, 9.17) is 9.84 Å². The molecule has 9 nitrogen and oxygen atoms in total. The van der Waals surface area contributed by atoms with Crippen LogP contribution in [0.2, 0.25) is 0 Å². The number of aromatic carboxylic acids is 1. The zero-order valence-corrected chi connectivity index (χ0v) is 15.3. The van der Waals surface area contributed by atoms with Crippen LogP contribution in [-0.4, -0.2) is 36.0 Å². The lowest BCUT2D eigenvalue weighted by Crippen LogP contribution is -2.18. The maximum Gasteiger partial charge on any atom is 0.342 e. The number of halogens is 1. The van der Waals surface area contributed by atoms with Crippen LogP contribution in [-0.2, 0) is 6.61 Å². The number of H-pyrrole nitrogens is 1. The molecule has 0 unspecified atom stereocenters. The van der Waals surface area contributed by atoms with Crippen LogP contribution >= 0.6 is 0 Å². The van der Waals surface area contributed by atoms with Crippen molar-refractivity contribution in [3.8, 4) is 22.8 Å². The molecule has 0 amide bonds. The summed E-state index contributed by atoms with van der Waals surface area (Å²) in [6.07, 6.45) is 4.10. The molecule has 0 spiro atoms. The number of nitrogens with one attached hydrogen (secondary N) is 1. The first-order valence-corrected chi connectivity index (χ1v) is 8.72. The highest BCUT2D eigenvalue weighted by Crippen LogP contribution is 2.28. The van der Waals surface area contributed by atoms with Crippen molar-refractivity contribution in [2.75, 3.05) is 0 Å². The van der Waals surface area contributed by atoms with Gasteiger partial charge in [-0.05, 0) is 35.9 Å². The third-order valence-electron chi connectivity index (χ3n) is 4.21. The number of ether oxygens (including phenoxy) is 1. The van der Waals surface area contributed by atoms with Crippen molar-refractivity contribution in [3.63, 3.8) is 0 Å². The van der Waals surface area contributed by atoms with Crippen LogP contribution in [0.5, 0.6) is 5.75 Å². The van der Waals surface area contributed by atoms with Gasteiger partial charge in [-0.15, -0.1) is 5.10 Å². The van der Waals surface area contributed by atoms with Crippen molar-refractivity contribution >= 4 is 5.97 Å². The largest absolute Gasteiger partial charge is 0.487 e. The van der Waals surface area contributed by atoms with E-state index in [1.807, 2.05) is 0 Å². The van der Waals surface area contributed by atoms with Gasteiger partial charge < -0.3 is 14.8 Å². The van der Waals surface area contributed by atoms with Crippen molar-refractivity contribution in [3.05, 3.63) is 88.4 Å². The number of rotatable bonds is 6. The zero-order valence-electron chi connectivity index (χ0n) is 15.3. The molecule has 0 aliphatic heterocycles. The number of aromatic amines is 1. The Morgan fingerprint density at radius 3 is 2.80 bits per heavy atom. The van der Waals surface area contributed by atoms with Crippen LogP contribution in [0.1, 0.15) is 15.9 Å². The van der Waals surface area contributed by atoms with E-state index in [0.717, 1.165) is 6.20 Å². The second kappa shape index (κ2) is 7.95. The molecule has 2 heterocycles. The summed E-state index contributed by atoms with van der Waals surface area (Å²) < 4.78 is 20.7. The van der Waals surface area contributed by atoms with Crippen molar-refractivity contribution in [2.45, 2.75) is 6.61 Å².